The lowest BCUT2D eigenvalue weighted by Gasteiger charge is -2.33. The van der Waals surface area contributed by atoms with Gasteiger partial charge in [0.2, 0.25) is 0 Å². The van der Waals surface area contributed by atoms with Gasteiger partial charge in [-0.05, 0) is 70.0 Å². The van der Waals surface area contributed by atoms with Gasteiger partial charge in [-0.1, -0.05) is 24.3 Å². The molecule has 0 radical (unpaired) electrons. The van der Waals surface area contributed by atoms with Crippen molar-refractivity contribution in [2.75, 3.05) is 116 Å². The lowest BCUT2D eigenvalue weighted by Crippen LogP contribution is -2.45. The normalized spacial score (nSPS) is 17.7. The molecule has 12 nitrogen and oxygen atoms in total. The third kappa shape index (κ3) is 6.54. The molecule has 2 fully saturated rings. The number of nitrogens with one attached hydrogen (secondary N) is 2. The van der Waals surface area contributed by atoms with Crippen molar-refractivity contribution < 1.29 is 19.2 Å². The number of amides is 4. The molecule has 4 aliphatic rings. The van der Waals surface area contributed by atoms with E-state index in [0.29, 0.717) is 48.4 Å². The fraction of sp³-hybridized carbons (Fsp3) is 0.415. The zero-order chi connectivity index (χ0) is 36.6. The first-order chi connectivity index (χ1) is 25.8. The number of piperazine rings is 2. The summed E-state index contributed by atoms with van der Waals surface area (Å²) in [6.07, 6.45) is 0.852. The second kappa shape index (κ2) is 14.9. The summed E-state index contributed by atoms with van der Waals surface area (Å²) in [5.41, 5.74) is 4.49. The SMILES string of the molecule is CN(CCCN(C)CCN1C(=O)c2cccc3c(N4CCNCC4)ccc(c23)C1=O)CCN1C(=O)c2cccc3c(N4CCNCC4)ccc(c23)C1=O. The van der Waals surface area contributed by atoms with E-state index in [-0.39, 0.29) is 23.6 Å². The summed E-state index contributed by atoms with van der Waals surface area (Å²) in [7, 11) is 4.01. The third-order valence-corrected chi connectivity index (χ3v) is 11.3. The van der Waals surface area contributed by atoms with Crippen molar-refractivity contribution in [3.05, 3.63) is 82.9 Å². The molecule has 4 aliphatic heterocycles. The molecule has 2 N–H and O–H groups in total. The van der Waals surface area contributed by atoms with Crippen molar-refractivity contribution >= 4 is 56.5 Å². The Morgan fingerprint density at radius 2 is 0.887 bits per heavy atom. The third-order valence-electron chi connectivity index (χ3n) is 11.3. The van der Waals surface area contributed by atoms with Crippen LogP contribution < -0.4 is 20.4 Å². The van der Waals surface area contributed by atoms with Crippen molar-refractivity contribution in [3.63, 3.8) is 0 Å². The minimum atomic E-state index is -0.237. The molecule has 4 amide bonds. The van der Waals surface area contributed by atoms with Gasteiger partial charge >= 0.3 is 0 Å². The standard InChI is InChI=1S/C41H48N8O4/c1-44(24-26-48-38(50)30-8-3-6-28-34(46-20-14-42-15-21-46)12-10-32(36(28)30)40(48)52)18-5-19-45(2)25-27-49-39(51)31-9-4-7-29-35(47-22-16-43-17-23-47)13-11-33(37(29)31)41(49)53/h3-4,6-13,42-43H,5,14-27H2,1-2H3. The molecule has 12 heteroatoms. The van der Waals surface area contributed by atoms with Crippen LogP contribution in [0.3, 0.4) is 0 Å². The van der Waals surface area contributed by atoms with E-state index in [1.165, 1.54) is 9.80 Å². The highest BCUT2D eigenvalue weighted by molar-refractivity contribution is 6.28. The van der Waals surface area contributed by atoms with E-state index in [9.17, 15) is 19.2 Å². The number of rotatable bonds is 12. The lowest BCUT2D eigenvalue weighted by molar-refractivity contribution is 0.0585. The summed E-state index contributed by atoms with van der Waals surface area (Å²) in [5.74, 6) is -0.947. The van der Waals surface area contributed by atoms with E-state index in [1.807, 2.05) is 74.8 Å². The van der Waals surface area contributed by atoms with Gasteiger partial charge in [-0.25, -0.2) is 0 Å². The minimum Gasteiger partial charge on any atom is -0.368 e. The number of carbonyl (C=O) groups excluding carboxylic acids is 4. The molecule has 0 unspecified atom stereocenters. The topological polar surface area (TPSA) is 112 Å². The van der Waals surface area contributed by atoms with Crippen LogP contribution in [0.1, 0.15) is 47.9 Å². The Labute approximate surface area is 310 Å². The molecule has 0 saturated carbocycles. The predicted octanol–water partition coefficient (Wildman–Crippen LogP) is 2.96. The molecule has 4 heterocycles. The molecular weight excluding hydrogens is 669 g/mol. The van der Waals surface area contributed by atoms with Crippen LogP contribution in [0.25, 0.3) is 21.5 Å². The Balaban J connectivity index is 0.838. The quantitative estimate of drug-likeness (QED) is 0.213. The Kier molecular flexibility index (Phi) is 9.86. The zero-order valence-corrected chi connectivity index (χ0v) is 30.7. The van der Waals surface area contributed by atoms with Gasteiger partial charge in [0.1, 0.15) is 0 Å². The average molecular weight is 717 g/mol. The largest absolute Gasteiger partial charge is 0.368 e. The van der Waals surface area contributed by atoms with Gasteiger partial charge in [-0.2, -0.15) is 0 Å². The number of imide groups is 2. The van der Waals surface area contributed by atoms with E-state index >= 15 is 0 Å². The number of likely N-dealkylation sites (N-methyl/N-ethyl adjacent to an activating group) is 2. The van der Waals surface area contributed by atoms with Gasteiger partial charge in [0.25, 0.3) is 23.6 Å². The monoisotopic (exact) mass is 716 g/mol. The first-order valence-electron chi connectivity index (χ1n) is 18.9. The maximum atomic E-state index is 13.7. The van der Waals surface area contributed by atoms with Gasteiger partial charge in [-0.3, -0.25) is 29.0 Å². The number of anilines is 2. The van der Waals surface area contributed by atoms with Crippen LogP contribution in [-0.4, -0.2) is 149 Å². The molecule has 53 heavy (non-hydrogen) atoms. The molecule has 8 rings (SSSR count). The van der Waals surface area contributed by atoms with Gasteiger partial charge in [0.05, 0.1) is 0 Å². The van der Waals surface area contributed by atoms with Crippen molar-refractivity contribution in [2.24, 2.45) is 0 Å². The molecule has 0 aliphatic carbocycles. The van der Waals surface area contributed by atoms with Crippen molar-refractivity contribution in [2.45, 2.75) is 6.42 Å². The van der Waals surface area contributed by atoms with Crippen molar-refractivity contribution in [1.82, 2.24) is 30.2 Å². The minimum absolute atomic E-state index is 0.237. The second-order valence-corrected chi connectivity index (χ2v) is 14.7. The van der Waals surface area contributed by atoms with Gasteiger partial charge < -0.3 is 30.2 Å². The molecule has 0 atom stereocenters. The van der Waals surface area contributed by atoms with E-state index in [4.69, 9.17) is 0 Å². The molecule has 0 bridgehead atoms. The summed E-state index contributed by atoms with van der Waals surface area (Å²) < 4.78 is 0. The van der Waals surface area contributed by atoms with E-state index < -0.39 is 0 Å². The van der Waals surface area contributed by atoms with Crippen LogP contribution in [0.5, 0.6) is 0 Å². The van der Waals surface area contributed by atoms with Crippen molar-refractivity contribution in [3.8, 4) is 0 Å². The summed E-state index contributed by atoms with van der Waals surface area (Å²) in [6, 6.07) is 19.4. The average Bonchev–Trinajstić information content (AvgIpc) is 3.19. The Morgan fingerprint density at radius 1 is 0.509 bits per heavy atom. The van der Waals surface area contributed by atoms with Crippen LogP contribution >= 0.6 is 0 Å². The predicted molar refractivity (Wildman–Crippen MR) is 208 cm³/mol. The van der Waals surface area contributed by atoms with Gasteiger partial charge in [0, 0.05) is 134 Å². The molecule has 0 spiro atoms. The maximum absolute atomic E-state index is 13.7. The highest BCUT2D eigenvalue weighted by Crippen LogP contribution is 2.37. The Hall–Kier alpha value is -4.88. The first-order valence-corrected chi connectivity index (χ1v) is 18.9. The number of nitrogens with zero attached hydrogens (tertiary/aromatic N) is 6. The maximum Gasteiger partial charge on any atom is 0.261 e. The molecular formula is C41H48N8O4. The number of hydrogen-bond donors (Lipinski definition) is 2. The highest BCUT2D eigenvalue weighted by atomic mass is 16.2. The summed E-state index contributed by atoms with van der Waals surface area (Å²) in [4.78, 5) is 66.4. The Bertz CT molecular complexity index is 1900. The van der Waals surface area contributed by atoms with E-state index in [2.05, 4.69) is 30.2 Å². The molecule has 2 saturated heterocycles. The molecule has 276 valence electrons. The summed E-state index contributed by atoms with van der Waals surface area (Å²) in [6.45, 7) is 10.5. The van der Waals surface area contributed by atoms with Crippen molar-refractivity contribution in [1.29, 1.82) is 0 Å². The number of carbonyl (C=O) groups is 4. The first kappa shape index (κ1) is 35.2. The number of benzene rings is 4. The van der Waals surface area contributed by atoms with Crippen LogP contribution in [0.4, 0.5) is 11.4 Å². The molecule has 0 aromatic heterocycles. The lowest BCUT2D eigenvalue weighted by atomic mass is 9.92. The summed E-state index contributed by atoms with van der Waals surface area (Å²) >= 11 is 0. The van der Waals surface area contributed by atoms with E-state index in [1.54, 1.807) is 0 Å². The van der Waals surface area contributed by atoms with E-state index in [0.717, 1.165) is 105 Å². The van der Waals surface area contributed by atoms with Gasteiger partial charge in [0.15, 0.2) is 0 Å². The zero-order valence-electron chi connectivity index (χ0n) is 30.7. The second-order valence-electron chi connectivity index (χ2n) is 14.7. The van der Waals surface area contributed by atoms with Crippen LogP contribution in [0.2, 0.25) is 0 Å². The molecule has 4 aromatic rings. The number of hydrogen-bond acceptors (Lipinski definition) is 10. The summed E-state index contributed by atoms with van der Waals surface area (Å²) in [5, 5.41) is 10.2. The van der Waals surface area contributed by atoms with Crippen LogP contribution in [0, 0.1) is 0 Å². The Morgan fingerprint density at radius 3 is 1.28 bits per heavy atom. The fourth-order valence-electron chi connectivity index (χ4n) is 8.41. The van der Waals surface area contributed by atoms with Crippen LogP contribution in [-0.2, 0) is 0 Å². The molecule has 4 aromatic carbocycles. The fourth-order valence-corrected chi connectivity index (χ4v) is 8.41. The highest BCUT2D eigenvalue weighted by Gasteiger charge is 2.35. The van der Waals surface area contributed by atoms with Gasteiger partial charge in [-0.15, -0.1) is 0 Å². The van der Waals surface area contributed by atoms with Crippen LogP contribution in [0.15, 0.2) is 60.7 Å². The smallest absolute Gasteiger partial charge is 0.261 e.